The van der Waals surface area contributed by atoms with Crippen LogP contribution in [0.1, 0.15) is 90.4 Å². The van der Waals surface area contributed by atoms with Crippen molar-refractivity contribution in [2.45, 2.75) is 90.4 Å². The molecule has 0 saturated heterocycles. The van der Waals surface area contributed by atoms with Crippen LogP contribution >= 0.6 is 0 Å². The van der Waals surface area contributed by atoms with Crippen LogP contribution in [0.15, 0.2) is 12.2 Å². The van der Waals surface area contributed by atoms with Crippen molar-refractivity contribution in [1.29, 1.82) is 0 Å². The Hall–Kier alpha value is -1.12. The predicted molar refractivity (Wildman–Crippen MR) is 87.5 cm³/mol. The van der Waals surface area contributed by atoms with E-state index in [1.54, 1.807) is 0 Å². The molecule has 3 heteroatoms. The third-order valence-electron chi connectivity index (χ3n) is 3.58. The topological polar surface area (TPSA) is 54.4 Å². The van der Waals surface area contributed by atoms with Crippen LogP contribution in [-0.2, 0) is 9.59 Å². The summed E-state index contributed by atoms with van der Waals surface area (Å²) in [7, 11) is 0. The van der Waals surface area contributed by atoms with Gasteiger partial charge in [0.15, 0.2) is 0 Å². The first-order valence-electron chi connectivity index (χ1n) is 8.55. The number of hydrogen-bond donors (Lipinski definition) is 1. The van der Waals surface area contributed by atoms with E-state index < -0.39 is 5.97 Å². The van der Waals surface area contributed by atoms with Crippen molar-refractivity contribution in [3.05, 3.63) is 12.2 Å². The van der Waals surface area contributed by atoms with E-state index in [2.05, 4.69) is 13.0 Å². The molecule has 0 aromatic rings. The molecule has 1 N–H and O–H groups in total. The van der Waals surface area contributed by atoms with Crippen molar-refractivity contribution in [2.75, 3.05) is 0 Å². The molecule has 0 unspecified atom stereocenters. The number of carbonyl (C=O) groups excluding carboxylic acids is 1. The lowest BCUT2D eigenvalue weighted by Crippen LogP contribution is -1.94. The zero-order valence-corrected chi connectivity index (χ0v) is 13.6. The Balaban J connectivity index is 3.25. The Morgan fingerprint density at radius 3 is 2.10 bits per heavy atom. The summed E-state index contributed by atoms with van der Waals surface area (Å²) in [5.41, 5.74) is 0. The molecular weight excluding hydrogens is 264 g/mol. The Morgan fingerprint density at radius 2 is 1.43 bits per heavy atom. The monoisotopic (exact) mass is 296 g/mol. The van der Waals surface area contributed by atoms with Gasteiger partial charge in [-0.2, -0.15) is 0 Å². The standard InChI is InChI=1S/C18H32O3/c1-2-3-11-14-17(19)15-12-9-7-5-4-6-8-10-13-16-18(20)21/h9,12H,2-8,10-11,13-16H2,1H3,(H,20,21)/b12-9+. The molecule has 0 aromatic heterocycles. The third kappa shape index (κ3) is 16.8. The molecule has 0 atom stereocenters. The van der Waals surface area contributed by atoms with E-state index in [1.165, 1.54) is 25.7 Å². The molecule has 0 fully saturated rings. The van der Waals surface area contributed by atoms with Crippen molar-refractivity contribution in [1.82, 2.24) is 0 Å². The molecule has 0 aromatic carbocycles. The average Bonchev–Trinajstić information content (AvgIpc) is 2.44. The van der Waals surface area contributed by atoms with Crippen molar-refractivity contribution in [3.8, 4) is 0 Å². The number of allylic oxidation sites excluding steroid dienone is 2. The first-order valence-corrected chi connectivity index (χ1v) is 8.55. The number of carboxylic acid groups (broad SMARTS) is 1. The molecule has 0 heterocycles. The summed E-state index contributed by atoms with van der Waals surface area (Å²) in [6.45, 7) is 2.15. The summed E-state index contributed by atoms with van der Waals surface area (Å²) in [6.07, 6.45) is 16.7. The van der Waals surface area contributed by atoms with Crippen molar-refractivity contribution in [2.24, 2.45) is 0 Å². The normalized spacial score (nSPS) is 11.1. The van der Waals surface area contributed by atoms with Gasteiger partial charge in [-0.1, -0.05) is 57.6 Å². The van der Waals surface area contributed by atoms with Gasteiger partial charge in [-0.05, 0) is 25.7 Å². The van der Waals surface area contributed by atoms with Gasteiger partial charge >= 0.3 is 5.97 Å². The van der Waals surface area contributed by atoms with Gasteiger partial charge in [0.2, 0.25) is 0 Å². The molecule has 0 aliphatic carbocycles. The zero-order valence-electron chi connectivity index (χ0n) is 13.6. The average molecular weight is 296 g/mol. The molecule has 0 rings (SSSR count). The van der Waals surface area contributed by atoms with Crippen LogP contribution < -0.4 is 0 Å². The van der Waals surface area contributed by atoms with Gasteiger partial charge in [0.1, 0.15) is 5.78 Å². The van der Waals surface area contributed by atoms with Gasteiger partial charge in [-0.15, -0.1) is 0 Å². The summed E-state index contributed by atoms with van der Waals surface area (Å²) in [4.78, 5) is 21.8. The molecule has 0 saturated carbocycles. The number of ketones is 1. The predicted octanol–water partition coefficient (Wildman–Crippen LogP) is 5.29. The first kappa shape index (κ1) is 19.9. The fourth-order valence-electron chi connectivity index (χ4n) is 2.25. The summed E-state index contributed by atoms with van der Waals surface area (Å²) in [6, 6.07) is 0. The molecule has 3 nitrogen and oxygen atoms in total. The van der Waals surface area contributed by atoms with Crippen LogP contribution in [0, 0.1) is 0 Å². The Bertz CT molecular complexity index is 295. The van der Waals surface area contributed by atoms with Gasteiger partial charge in [0.25, 0.3) is 0 Å². The Morgan fingerprint density at radius 1 is 0.810 bits per heavy atom. The number of Topliss-reactive ketones (excluding diaryl/α,β-unsaturated/α-hetero) is 1. The van der Waals surface area contributed by atoms with E-state index in [0.717, 1.165) is 44.9 Å². The van der Waals surface area contributed by atoms with Gasteiger partial charge in [-0.3, -0.25) is 9.59 Å². The molecular formula is C18H32O3. The molecule has 0 radical (unpaired) electrons. The molecule has 0 aliphatic heterocycles. The number of rotatable bonds is 15. The fraction of sp³-hybridized carbons (Fsp3) is 0.778. The Labute approximate surface area is 129 Å². The van der Waals surface area contributed by atoms with Crippen LogP contribution in [0.2, 0.25) is 0 Å². The van der Waals surface area contributed by atoms with Gasteiger partial charge < -0.3 is 5.11 Å². The SMILES string of the molecule is CCCCCC(=O)C/C=C/CCCCCCCCC(=O)O. The highest BCUT2D eigenvalue weighted by molar-refractivity contribution is 5.79. The van der Waals surface area contributed by atoms with E-state index in [0.29, 0.717) is 18.6 Å². The van der Waals surface area contributed by atoms with Crippen molar-refractivity contribution in [3.63, 3.8) is 0 Å². The van der Waals surface area contributed by atoms with Crippen LogP contribution in [0.4, 0.5) is 0 Å². The van der Waals surface area contributed by atoms with E-state index in [-0.39, 0.29) is 0 Å². The van der Waals surface area contributed by atoms with Crippen LogP contribution in [0.5, 0.6) is 0 Å². The second-order valence-corrected chi connectivity index (χ2v) is 5.73. The van der Waals surface area contributed by atoms with Crippen LogP contribution in [0.25, 0.3) is 0 Å². The van der Waals surface area contributed by atoms with E-state index >= 15 is 0 Å². The largest absolute Gasteiger partial charge is 0.481 e. The lowest BCUT2D eigenvalue weighted by atomic mass is 10.1. The van der Waals surface area contributed by atoms with E-state index in [1.807, 2.05) is 6.08 Å². The third-order valence-corrected chi connectivity index (χ3v) is 3.58. The number of carboxylic acids is 1. The van der Waals surface area contributed by atoms with Crippen LogP contribution in [-0.4, -0.2) is 16.9 Å². The molecule has 0 bridgehead atoms. The van der Waals surface area contributed by atoms with Gasteiger partial charge in [-0.25, -0.2) is 0 Å². The Kier molecular flexibility index (Phi) is 14.5. The maximum absolute atomic E-state index is 11.5. The smallest absolute Gasteiger partial charge is 0.303 e. The molecule has 0 amide bonds. The maximum Gasteiger partial charge on any atom is 0.303 e. The van der Waals surface area contributed by atoms with Crippen molar-refractivity contribution < 1.29 is 14.7 Å². The van der Waals surface area contributed by atoms with Crippen molar-refractivity contribution >= 4 is 11.8 Å². The first-order chi connectivity index (χ1) is 10.2. The highest BCUT2D eigenvalue weighted by Crippen LogP contribution is 2.09. The van der Waals surface area contributed by atoms with E-state index in [4.69, 9.17) is 5.11 Å². The highest BCUT2D eigenvalue weighted by Gasteiger charge is 1.98. The zero-order chi connectivity index (χ0) is 15.8. The quantitative estimate of drug-likeness (QED) is 0.330. The summed E-state index contributed by atoms with van der Waals surface area (Å²) < 4.78 is 0. The lowest BCUT2D eigenvalue weighted by Gasteiger charge is -1.99. The minimum absolute atomic E-state index is 0.301. The summed E-state index contributed by atoms with van der Waals surface area (Å²) >= 11 is 0. The van der Waals surface area contributed by atoms with Gasteiger partial charge in [0.05, 0.1) is 0 Å². The van der Waals surface area contributed by atoms with Gasteiger partial charge in [0, 0.05) is 19.3 Å². The van der Waals surface area contributed by atoms with E-state index in [9.17, 15) is 9.59 Å². The second-order valence-electron chi connectivity index (χ2n) is 5.73. The second kappa shape index (κ2) is 15.3. The molecule has 21 heavy (non-hydrogen) atoms. The minimum Gasteiger partial charge on any atom is -0.481 e. The number of hydrogen-bond acceptors (Lipinski definition) is 2. The number of unbranched alkanes of at least 4 members (excludes halogenated alkanes) is 8. The maximum atomic E-state index is 11.5. The molecule has 0 aliphatic rings. The fourth-order valence-corrected chi connectivity index (χ4v) is 2.25. The minimum atomic E-state index is -0.690. The molecule has 122 valence electrons. The highest BCUT2D eigenvalue weighted by atomic mass is 16.4. The number of aliphatic carboxylic acids is 1. The summed E-state index contributed by atoms with van der Waals surface area (Å²) in [5, 5.41) is 8.50. The lowest BCUT2D eigenvalue weighted by molar-refractivity contribution is -0.137. The molecule has 0 spiro atoms. The number of carbonyl (C=O) groups is 2. The summed E-state index contributed by atoms with van der Waals surface area (Å²) in [5.74, 6) is -0.331. The van der Waals surface area contributed by atoms with Crippen LogP contribution in [0.3, 0.4) is 0 Å².